The zero-order valence-electron chi connectivity index (χ0n) is 9.43. The van der Waals surface area contributed by atoms with Gasteiger partial charge in [0.05, 0.1) is 0 Å². The summed E-state index contributed by atoms with van der Waals surface area (Å²) < 4.78 is 14.8. The Kier molecular flexibility index (Phi) is 2.48. The third-order valence-electron chi connectivity index (χ3n) is 2.70. The molecule has 0 fully saturated rings. The van der Waals surface area contributed by atoms with Crippen LogP contribution in [0.25, 0.3) is 17.0 Å². The summed E-state index contributed by atoms with van der Waals surface area (Å²) in [7, 11) is 0. The normalized spacial score (nSPS) is 11.1. The zero-order valence-corrected chi connectivity index (χ0v) is 10.2. The number of rotatable bonds is 1. The van der Waals surface area contributed by atoms with Crippen molar-refractivity contribution in [3.8, 4) is 11.4 Å². The molecule has 3 rings (SSSR count). The van der Waals surface area contributed by atoms with E-state index in [4.69, 9.17) is 11.6 Å². The lowest BCUT2D eigenvalue weighted by Crippen LogP contribution is -1.93. The first kappa shape index (κ1) is 11.1. The Morgan fingerprint density at radius 3 is 2.83 bits per heavy atom. The third-order valence-corrected chi connectivity index (χ3v) is 2.90. The van der Waals surface area contributed by atoms with Crippen LogP contribution < -0.4 is 0 Å². The van der Waals surface area contributed by atoms with E-state index < -0.39 is 0 Å². The number of hydrogen-bond acceptors (Lipinski definition) is 3. The lowest BCUT2D eigenvalue weighted by Gasteiger charge is -2.03. The van der Waals surface area contributed by atoms with E-state index in [1.165, 1.54) is 12.1 Å². The van der Waals surface area contributed by atoms with Crippen molar-refractivity contribution in [3.05, 3.63) is 47.1 Å². The van der Waals surface area contributed by atoms with Crippen molar-refractivity contribution in [2.45, 2.75) is 6.92 Å². The minimum atomic E-state index is -0.272. The molecule has 0 spiro atoms. The molecular weight excluding hydrogens is 255 g/mol. The molecule has 0 aliphatic heterocycles. The first-order valence-electron chi connectivity index (χ1n) is 5.28. The number of nitrogens with zero attached hydrogens (tertiary/aromatic N) is 4. The summed E-state index contributed by atoms with van der Waals surface area (Å²) in [6, 6.07) is 6.15. The van der Waals surface area contributed by atoms with Gasteiger partial charge in [0.1, 0.15) is 17.3 Å². The summed E-state index contributed by atoms with van der Waals surface area (Å²) in [4.78, 5) is 3.99. The number of aromatic nitrogens is 4. The molecule has 90 valence electrons. The second-order valence-electron chi connectivity index (χ2n) is 3.92. The highest BCUT2D eigenvalue weighted by atomic mass is 35.5. The summed E-state index contributed by atoms with van der Waals surface area (Å²) >= 11 is 5.78. The smallest absolute Gasteiger partial charge is 0.169 e. The van der Waals surface area contributed by atoms with E-state index >= 15 is 0 Å². The van der Waals surface area contributed by atoms with Gasteiger partial charge in [-0.2, -0.15) is 0 Å². The molecule has 0 saturated heterocycles. The van der Waals surface area contributed by atoms with Crippen LogP contribution in [0.4, 0.5) is 4.39 Å². The second kappa shape index (κ2) is 4.03. The van der Waals surface area contributed by atoms with E-state index in [1.807, 2.05) is 6.92 Å². The van der Waals surface area contributed by atoms with E-state index in [0.717, 1.165) is 11.1 Å². The van der Waals surface area contributed by atoms with Gasteiger partial charge in [-0.15, -0.1) is 10.2 Å². The monoisotopic (exact) mass is 262 g/mol. The molecule has 0 atom stereocenters. The highest BCUT2D eigenvalue weighted by Gasteiger charge is 2.11. The maximum atomic E-state index is 13.1. The molecule has 0 unspecified atom stereocenters. The number of hydrogen-bond donors (Lipinski definition) is 0. The fourth-order valence-corrected chi connectivity index (χ4v) is 1.98. The summed E-state index contributed by atoms with van der Waals surface area (Å²) in [5.41, 5.74) is 2.21. The molecule has 0 aliphatic rings. The molecule has 2 aromatic heterocycles. The molecule has 0 N–H and O–H groups in total. The van der Waals surface area contributed by atoms with Crippen molar-refractivity contribution in [1.82, 2.24) is 19.6 Å². The van der Waals surface area contributed by atoms with Crippen LogP contribution in [0.2, 0.25) is 5.15 Å². The maximum Gasteiger partial charge on any atom is 0.169 e. The van der Waals surface area contributed by atoms with E-state index in [2.05, 4.69) is 15.2 Å². The van der Waals surface area contributed by atoms with Crippen LogP contribution in [-0.4, -0.2) is 19.6 Å². The van der Waals surface area contributed by atoms with Gasteiger partial charge in [0.2, 0.25) is 0 Å². The van der Waals surface area contributed by atoms with Gasteiger partial charge in [-0.05, 0) is 30.7 Å². The predicted molar refractivity (Wildman–Crippen MR) is 65.9 cm³/mol. The first-order chi connectivity index (χ1) is 8.65. The van der Waals surface area contributed by atoms with Gasteiger partial charge in [0, 0.05) is 11.6 Å². The van der Waals surface area contributed by atoms with Crippen LogP contribution in [0.1, 0.15) is 5.56 Å². The molecule has 0 saturated carbocycles. The van der Waals surface area contributed by atoms with Gasteiger partial charge >= 0.3 is 0 Å². The van der Waals surface area contributed by atoms with E-state index in [0.29, 0.717) is 16.6 Å². The Morgan fingerprint density at radius 1 is 1.22 bits per heavy atom. The minimum absolute atomic E-state index is 0.272. The topological polar surface area (TPSA) is 43.1 Å². The molecule has 0 aliphatic carbocycles. The lowest BCUT2D eigenvalue weighted by atomic mass is 10.1. The number of aryl methyl sites for hydroxylation is 1. The average molecular weight is 263 g/mol. The second-order valence-corrected chi connectivity index (χ2v) is 4.31. The molecule has 1 aromatic carbocycles. The highest BCUT2D eigenvalue weighted by molar-refractivity contribution is 6.29. The van der Waals surface area contributed by atoms with Crippen molar-refractivity contribution in [3.63, 3.8) is 0 Å². The third kappa shape index (κ3) is 1.73. The first-order valence-corrected chi connectivity index (χ1v) is 5.66. The van der Waals surface area contributed by atoms with Crippen LogP contribution in [0.5, 0.6) is 0 Å². The Bertz CT molecular complexity index is 738. The van der Waals surface area contributed by atoms with Crippen LogP contribution in [-0.2, 0) is 0 Å². The largest absolute Gasteiger partial charge is 0.265 e. The van der Waals surface area contributed by atoms with Gasteiger partial charge in [0.15, 0.2) is 11.5 Å². The van der Waals surface area contributed by atoms with Crippen LogP contribution in [0, 0.1) is 12.7 Å². The van der Waals surface area contributed by atoms with Gasteiger partial charge in [-0.1, -0.05) is 11.6 Å². The van der Waals surface area contributed by atoms with Gasteiger partial charge in [-0.25, -0.2) is 9.37 Å². The quantitative estimate of drug-likeness (QED) is 0.634. The predicted octanol–water partition coefficient (Wildman–Crippen LogP) is 2.89. The lowest BCUT2D eigenvalue weighted by molar-refractivity contribution is 0.627. The molecule has 0 radical (unpaired) electrons. The van der Waals surface area contributed by atoms with Crippen molar-refractivity contribution in [2.75, 3.05) is 0 Å². The van der Waals surface area contributed by atoms with Crippen LogP contribution in [0.15, 0.2) is 30.6 Å². The SMILES string of the molecule is Cc1cc(F)ccc1-c1nnc2cc(Cl)ncn12. The summed E-state index contributed by atoms with van der Waals surface area (Å²) in [6.45, 7) is 1.82. The fourth-order valence-electron chi connectivity index (χ4n) is 1.83. The molecule has 4 nitrogen and oxygen atoms in total. The fraction of sp³-hybridized carbons (Fsp3) is 0.0833. The highest BCUT2D eigenvalue weighted by Crippen LogP contribution is 2.23. The minimum Gasteiger partial charge on any atom is -0.265 e. The summed E-state index contributed by atoms with van der Waals surface area (Å²) in [5, 5.41) is 8.46. The number of benzene rings is 1. The van der Waals surface area contributed by atoms with E-state index in [9.17, 15) is 4.39 Å². The van der Waals surface area contributed by atoms with Gasteiger partial charge < -0.3 is 0 Å². The van der Waals surface area contributed by atoms with Crippen molar-refractivity contribution < 1.29 is 4.39 Å². The molecule has 0 bridgehead atoms. The van der Waals surface area contributed by atoms with Gasteiger partial charge in [0.25, 0.3) is 0 Å². The van der Waals surface area contributed by atoms with Crippen LogP contribution >= 0.6 is 11.6 Å². The molecule has 0 amide bonds. The van der Waals surface area contributed by atoms with Gasteiger partial charge in [-0.3, -0.25) is 4.40 Å². The van der Waals surface area contributed by atoms with Crippen LogP contribution in [0.3, 0.4) is 0 Å². The van der Waals surface area contributed by atoms with Crippen molar-refractivity contribution in [1.29, 1.82) is 0 Å². The molecular formula is C12H8ClFN4. The number of halogens is 2. The van der Waals surface area contributed by atoms with Crippen molar-refractivity contribution >= 4 is 17.2 Å². The Hall–Kier alpha value is -2.01. The zero-order chi connectivity index (χ0) is 12.7. The maximum absolute atomic E-state index is 13.1. The van der Waals surface area contributed by atoms with Crippen molar-refractivity contribution in [2.24, 2.45) is 0 Å². The summed E-state index contributed by atoms with van der Waals surface area (Å²) in [5.74, 6) is 0.345. The Labute approximate surface area is 107 Å². The number of fused-ring (bicyclic) bond motifs is 1. The molecule has 3 aromatic rings. The molecule has 2 heterocycles. The standard InChI is InChI=1S/C12H8ClFN4/c1-7-4-8(14)2-3-9(7)12-17-16-11-5-10(13)15-6-18(11)12/h2-6H,1H3. The average Bonchev–Trinajstić information content (AvgIpc) is 2.72. The Morgan fingerprint density at radius 2 is 2.06 bits per heavy atom. The van der Waals surface area contributed by atoms with E-state index in [1.54, 1.807) is 22.9 Å². The van der Waals surface area contributed by atoms with E-state index in [-0.39, 0.29) is 5.82 Å². The summed E-state index contributed by atoms with van der Waals surface area (Å²) in [6.07, 6.45) is 1.55. The molecule has 18 heavy (non-hydrogen) atoms. The Balaban J connectivity index is 2.25. The molecule has 6 heteroatoms.